The van der Waals surface area contributed by atoms with Crippen molar-refractivity contribution in [1.82, 2.24) is 25.5 Å². The van der Waals surface area contributed by atoms with E-state index in [0.717, 1.165) is 6.42 Å². The van der Waals surface area contributed by atoms with Gasteiger partial charge >= 0.3 is 6.09 Å². The first-order valence-corrected chi connectivity index (χ1v) is 5.67. The third-order valence-corrected chi connectivity index (χ3v) is 2.57. The molecule has 0 aromatic carbocycles. The Morgan fingerprint density at radius 1 is 1.53 bits per heavy atom. The van der Waals surface area contributed by atoms with Crippen LogP contribution < -0.4 is 0 Å². The van der Waals surface area contributed by atoms with Gasteiger partial charge in [-0.1, -0.05) is 5.21 Å². The molecule has 1 aliphatic rings. The Bertz CT molecular complexity index is 384. The second-order valence-corrected chi connectivity index (χ2v) is 5.18. The fraction of sp³-hybridized carbons (Fsp3) is 0.800. The van der Waals surface area contributed by atoms with Gasteiger partial charge in [0.25, 0.3) is 0 Å². The van der Waals surface area contributed by atoms with Crippen molar-refractivity contribution in [3.05, 3.63) is 5.82 Å². The molecule has 1 amide bonds. The van der Waals surface area contributed by atoms with Gasteiger partial charge in [0.15, 0.2) is 5.82 Å². The number of tetrazole rings is 1. The molecule has 0 radical (unpaired) electrons. The summed E-state index contributed by atoms with van der Waals surface area (Å²) in [5.41, 5.74) is -0.457. The Balaban J connectivity index is 1.92. The number of nitrogens with one attached hydrogen (secondary N) is 1. The molecular formula is C10H17N5O2. The van der Waals surface area contributed by atoms with Crippen LogP contribution in [0.5, 0.6) is 0 Å². The van der Waals surface area contributed by atoms with Gasteiger partial charge in [-0.3, -0.25) is 0 Å². The first-order chi connectivity index (χ1) is 7.96. The van der Waals surface area contributed by atoms with Crippen LogP contribution in [0.1, 0.15) is 38.9 Å². The van der Waals surface area contributed by atoms with Gasteiger partial charge in [0.2, 0.25) is 0 Å². The minimum atomic E-state index is -0.457. The van der Waals surface area contributed by atoms with Gasteiger partial charge < -0.3 is 9.64 Å². The Labute approximate surface area is 99.5 Å². The predicted molar refractivity (Wildman–Crippen MR) is 59.3 cm³/mol. The maximum absolute atomic E-state index is 11.8. The monoisotopic (exact) mass is 239 g/mol. The number of rotatable bonds is 1. The van der Waals surface area contributed by atoms with E-state index in [9.17, 15) is 4.79 Å². The smallest absolute Gasteiger partial charge is 0.410 e. The van der Waals surface area contributed by atoms with Crippen LogP contribution in [0.25, 0.3) is 0 Å². The number of ether oxygens (including phenoxy) is 1. The second-order valence-electron chi connectivity index (χ2n) is 5.18. The number of nitrogens with zero attached hydrogens (tertiary/aromatic N) is 4. The number of amides is 1. The molecule has 1 aromatic heterocycles. The highest BCUT2D eigenvalue weighted by Gasteiger charge is 2.32. The first kappa shape index (κ1) is 11.8. The summed E-state index contributed by atoms with van der Waals surface area (Å²) in [5, 5.41) is 13.8. The lowest BCUT2D eigenvalue weighted by Crippen LogP contribution is -2.35. The molecule has 1 fully saturated rings. The van der Waals surface area contributed by atoms with Crippen LogP contribution in [-0.4, -0.2) is 50.3 Å². The Morgan fingerprint density at radius 3 is 2.88 bits per heavy atom. The molecule has 2 heterocycles. The van der Waals surface area contributed by atoms with Gasteiger partial charge in [-0.05, 0) is 27.2 Å². The van der Waals surface area contributed by atoms with E-state index < -0.39 is 5.60 Å². The SMILES string of the molecule is CC(C)(C)OC(=O)N1CCC(c2nn[nH]n2)C1. The van der Waals surface area contributed by atoms with E-state index in [0.29, 0.717) is 18.9 Å². The van der Waals surface area contributed by atoms with Crippen molar-refractivity contribution in [3.63, 3.8) is 0 Å². The molecule has 1 saturated heterocycles. The lowest BCUT2D eigenvalue weighted by atomic mass is 10.1. The summed E-state index contributed by atoms with van der Waals surface area (Å²) in [6.07, 6.45) is 0.571. The largest absolute Gasteiger partial charge is 0.444 e. The third-order valence-electron chi connectivity index (χ3n) is 2.57. The number of aromatic amines is 1. The Morgan fingerprint density at radius 2 is 2.29 bits per heavy atom. The van der Waals surface area contributed by atoms with E-state index in [4.69, 9.17) is 4.74 Å². The number of hydrogen-bond donors (Lipinski definition) is 1. The summed E-state index contributed by atoms with van der Waals surface area (Å²) in [6, 6.07) is 0. The molecule has 1 unspecified atom stereocenters. The van der Waals surface area contributed by atoms with Crippen LogP contribution in [0.2, 0.25) is 0 Å². The van der Waals surface area contributed by atoms with Crippen molar-refractivity contribution in [2.45, 2.75) is 38.7 Å². The predicted octanol–water partition coefficient (Wildman–Crippen LogP) is 0.924. The summed E-state index contributed by atoms with van der Waals surface area (Å²) < 4.78 is 5.31. The van der Waals surface area contributed by atoms with Gasteiger partial charge in [0.1, 0.15) is 5.60 Å². The molecular weight excluding hydrogens is 222 g/mol. The average Bonchev–Trinajstić information content (AvgIpc) is 2.86. The van der Waals surface area contributed by atoms with Crippen molar-refractivity contribution >= 4 is 6.09 Å². The summed E-state index contributed by atoms with van der Waals surface area (Å²) in [5.74, 6) is 0.817. The zero-order valence-electron chi connectivity index (χ0n) is 10.3. The van der Waals surface area contributed by atoms with Gasteiger partial charge in [-0.25, -0.2) is 4.79 Å². The van der Waals surface area contributed by atoms with Crippen LogP contribution in [-0.2, 0) is 4.74 Å². The average molecular weight is 239 g/mol. The minimum absolute atomic E-state index is 0.154. The summed E-state index contributed by atoms with van der Waals surface area (Å²) in [6.45, 7) is 6.84. The van der Waals surface area contributed by atoms with Crippen LogP contribution in [0.15, 0.2) is 0 Å². The van der Waals surface area contributed by atoms with Gasteiger partial charge in [-0.15, -0.1) is 10.2 Å². The van der Waals surface area contributed by atoms with Crippen LogP contribution >= 0.6 is 0 Å². The molecule has 7 heteroatoms. The molecule has 0 spiro atoms. The van der Waals surface area contributed by atoms with E-state index in [2.05, 4.69) is 20.6 Å². The van der Waals surface area contributed by atoms with Crippen molar-refractivity contribution in [2.75, 3.05) is 13.1 Å². The maximum Gasteiger partial charge on any atom is 0.410 e. The molecule has 1 aliphatic heterocycles. The molecule has 0 aliphatic carbocycles. The first-order valence-electron chi connectivity index (χ1n) is 5.67. The zero-order valence-corrected chi connectivity index (χ0v) is 10.3. The van der Waals surface area contributed by atoms with E-state index in [1.807, 2.05) is 20.8 Å². The molecule has 0 saturated carbocycles. The number of carbonyl (C=O) groups is 1. The molecule has 1 N–H and O–H groups in total. The molecule has 0 bridgehead atoms. The normalized spacial score (nSPS) is 20.6. The lowest BCUT2D eigenvalue weighted by molar-refractivity contribution is 0.0292. The quantitative estimate of drug-likeness (QED) is 0.788. The highest BCUT2D eigenvalue weighted by Crippen LogP contribution is 2.25. The maximum atomic E-state index is 11.8. The Hall–Kier alpha value is -1.66. The lowest BCUT2D eigenvalue weighted by Gasteiger charge is -2.24. The van der Waals surface area contributed by atoms with Gasteiger partial charge in [-0.2, -0.15) is 5.21 Å². The fourth-order valence-corrected chi connectivity index (χ4v) is 1.81. The van der Waals surface area contributed by atoms with Gasteiger partial charge in [0.05, 0.1) is 0 Å². The van der Waals surface area contributed by atoms with E-state index in [1.54, 1.807) is 4.90 Å². The Kier molecular flexibility index (Phi) is 2.99. The number of H-pyrrole nitrogens is 1. The van der Waals surface area contributed by atoms with Crippen molar-refractivity contribution in [3.8, 4) is 0 Å². The molecule has 7 nitrogen and oxygen atoms in total. The van der Waals surface area contributed by atoms with Crippen LogP contribution in [0, 0.1) is 0 Å². The van der Waals surface area contributed by atoms with Gasteiger partial charge in [0, 0.05) is 19.0 Å². The van der Waals surface area contributed by atoms with Crippen LogP contribution in [0.4, 0.5) is 4.79 Å². The van der Waals surface area contributed by atoms with Crippen molar-refractivity contribution < 1.29 is 9.53 Å². The van der Waals surface area contributed by atoms with E-state index in [-0.39, 0.29) is 12.0 Å². The van der Waals surface area contributed by atoms with E-state index >= 15 is 0 Å². The molecule has 94 valence electrons. The molecule has 17 heavy (non-hydrogen) atoms. The minimum Gasteiger partial charge on any atom is -0.444 e. The summed E-state index contributed by atoms with van der Waals surface area (Å²) >= 11 is 0. The molecule has 1 atom stereocenters. The number of carbonyl (C=O) groups excluding carboxylic acids is 1. The third kappa shape index (κ3) is 2.92. The second kappa shape index (κ2) is 4.31. The van der Waals surface area contributed by atoms with Crippen molar-refractivity contribution in [2.24, 2.45) is 0 Å². The standard InChI is InChI=1S/C10H17N5O2/c1-10(2,3)17-9(16)15-5-4-7(6-15)8-11-13-14-12-8/h7H,4-6H2,1-3H3,(H,11,12,13,14). The number of likely N-dealkylation sites (tertiary alicyclic amines) is 1. The highest BCUT2D eigenvalue weighted by atomic mass is 16.6. The van der Waals surface area contributed by atoms with Crippen molar-refractivity contribution in [1.29, 1.82) is 0 Å². The topological polar surface area (TPSA) is 84.0 Å². The highest BCUT2D eigenvalue weighted by molar-refractivity contribution is 5.68. The fourth-order valence-electron chi connectivity index (χ4n) is 1.81. The molecule has 1 aromatic rings. The number of aromatic nitrogens is 4. The number of hydrogen-bond acceptors (Lipinski definition) is 5. The van der Waals surface area contributed by atoms with Crippen LogP contribution in [0.3, 0.4) is 0 Å². The van der Waals surface area contributed by atoms with E-state index in [1.165, 1.54) is 0 Å². The summed E-state index contributed by atoms with van der Waals surface area (Å²) in [7, 11) is 0. The molecule has 2 rings (SSSR count). The summed E-state index contributed by atoms with van der Waals surface area (Å²) in [4.78, 5) is 13.5. The zero-order chi connectivity index (χ0) is 12.5.